The largest absolute Gasteiger partial charge is 0.485 e. The monoisotopic (exact) mass is 245 g/mol. The molecule has 0 amide bonds. The number of aryl methyl sites for hydroxylation is 2. The first-order valence-corrected chi connectivity index (χ1v) is 5.55. The standard InChI is InChI=1S/C13H15N3O2/c1-8-6-11(12(13(14)15)9(2)16-8)18-7-10-4-3-5-17-10/h3-6H,7H2,1-2H3,(H3,14,15). The van der Waals surface area contributed by atoms with Gasteiger partial charge in [-0.15, -0.1) is 0 Å². The van der Waals surface area contributed by atoms with Crippen molar-refractivity contribution in [3.05, 3.63) is 47.2 Å². The van der Waals surface area contributed by atoms with E-state index < -0.39 is 0 Å². The molecule has 0 saturated heterocycles. The highest BCUT2D eigenvalue weighted by Gasteiger charge is 2.13. The minimum atomic E-state index is -0.0468. The third kappa shape index (κ3) is 2.51. The molecule has 0 bridgehead atoms. The van der Waals surface area contributed by atoms with E-state index in [0.29, 0.717) is 23.6 Å². The molecule has 0 spiro atoms. The average Bonchev–Trinajstić information content (AvgIpc) is 2.77. The van der Waals surface area contributed by atoms with Gasteiger partial charge in [-0.05, 0) is 26.0 Å². The number of hydrogen-bond donors (Lipinski definition) is 2. The highest BCUT2D eigenvalue weighted by molar-refractivity contribution is 5.98. The van der Waals surface area contributed by atoms with Crippen molar-refractivity contribution in [1.29, 1.82) is 5.41 Å². The van der Waals surface area contributed by atoms with Gasteiger partial charge in [0.25, 0.3) is 0 Å². The zero-order valence-electron chi connectivity index (χ0n) is 10.4. The molecule has 2 aromatic heterocycles. The number of nitrogens with two attached hydrogens (primary N) is 1. The van der Waals surface area contributed by atoms with Crippen LogP contribution in [0.1, 0.15) is 22.7 Å². The lowest BCUT2D eigenvalue weighted by Gasteiger charge is -2.12. The summed E-state index contributed by atoms with van der Waals surface area (Å²) in [5.74, 6) is 1.23. The Kier molecular flexibility index (Phi) is 3.32. The summed E-state index contributed by atoms with van der Waals surface area (Å²) < 4.78 is 10.8. The molecular formula is C13H15N3O2. The van der Waals surface area contributed by atoms with Crippen LogP contribution in [-0.4, -0.2) is 10.8 Å². The quantitative estimate of drug-likeness (QED) is 0.638. The summed E-state index contributed by atoms with van der Waals surface area (Å²) in [4.78, 5) is 4.28. The van der Waals surface area contributed by atoms with Gasteiger partial charge in [0.2, 0.25) is 0 Å². The molecule has 5 heteroatoms. The second-order valence-corrected chi connectivity index (χ2v) is 4.00. The molecule has 94 valence electrons. The molecule has 0 fully saturated rings. The predicted molar refractivity (Wildman–Crippen MR) is 67.8 cm³/mol. The molecule has 0 unspecified atom stereocenters. The molecule has 3 N–H and O–H groups in total. The average molecular weight is 245 g/mol. The van der Waals surface area contributed by atoms with Crippen LogP contribution in [0.4, 0.5) is 0 Å². The van der Waals surface area contributed by atoms with E-state index in [1.54, 1.807) is 18.4 Å². The Morgan fingerprint density at radius 3 is 2.89 bits per heavy atom. The topological polar surface area (TPSA) is 85.1 Å². The maximum Gasteiger partial charge on any atom is 0.146 e. The maximum atomic E-state index is 7.57. The highest BCUT2D eigenvalue weighted by atomic mass is 16.5. The van der Waals surface area contributed by atoms with Crippen molar-refractivity contribution >= 4 is 5.84 Å². The van der Waals surface area contributed by atoms with Crippen LogP contribution < -0.4 is 10.5 Å². The van der Waals surface area contributed by atoms with Gasteiger partial charge in [0.1, 0.15) is 24.0 Å². The molecule has 0 aliphatic heterocycles. The SMILES string of the molecule is Cc1cc(OCc2ccco2)c(C(=N)N)c(C)n1. The summed E-state index contributed by atoms with van der Waals surface area (Å²) in [5, 5.41) is 7.57. The number of nitrogen functional groups attached to an aromatic ring is 1. The van der Waals surface area contributed by atoms with Crippen LogP contribution in [-0.2, 0) is 6.61 Å². The minimum Gasteiger partial charge on any atom is -0.485 e. The number of amidine groups is 1. The molecule has 0 saturated carbocycles. The molecule has 2 aromatic rings. The van der Waals surface area contributed by atoms with Crippen LogP contribution in [0.15, 0.2) is 28.9 Å². The zero-order valence-corrected chi connectivity index (χ0v) is 10.4. The van der Waals surface area contributed by atoms with Gasteiger partial charge in [-0.3, -0.25) is 10.4 Å². The normalized spacial score (nSPS) is 10.3. The van der Waals surface area contributed by atoms with E-state index in [2.05, 4.69) is 4.98 Å². The van der Waals surface area contributed by atoms with Crippen LogP contribution in [0.5, 0.6) is 5.75 Å². The Morgan fingerprint density at radius 2 is 2.28 bits per heavy atom. The van der Waals surface area contributed by atoms with E-state index >= 15 is 0 Å². The van der Waals surface area contributed by atoms with Crippen molar-refractivity contribution in [2.75, 3.05) is 0 Å². The summed E-state index contributed by atoms with van der Waals surface area (Å²) in [5.41, 5.74) is 7.61. The molecule has 0 atom stereocenters. The number of ether oxygens (including phenoxy) is 1. The van der Waals surface area contributed by atoms with Gasteiger partial charge in [-0.2, -0.15) is 0 Å². The first-order chi connectivity index (χ1) is 8.58. The van der Waals surface area contributed by atoms with Crippen molar-refractivity contribution in [3.63, 3.8) is 0 Å². The first-order valence-electron chi connectivity index (χ1n) is 5.55. The van der Waals surface area contributed by atoms with Gasteiger partial charge in [-0.25, -0.2) is 0 Å². The van der Waals surface area contributed by atoms with Crippen LogP contribution >= 0.6 is 0 Å². The lowest BCUT2D eigenvalue weighted by molar-refractivity contribution is 0.269. The number of furan rings is 1. The summed E-state index contributed by atoms with van der Waals surface area (Å²) in [6.07, 6.45) is 1.59. The lowest BCUT2D eigenvalue weighted by Crippen LogP contribution is -2.16. The molecule has 18 heavy (non-hydrogen) atoms. The second kappa shape index (κ2) is 4.91. The molecule has 0 aliphatic carbocycles. The van der Waals surface area contributed by atoms with Crippen molar-refractivity contribution < 1.29 is 9.15 Å². The third-order valence-corrected chi connectivity index (χ3v) is 2.51. The highest BCUT2D eigenvalue weighted by Crippen LogP contribution is 2.22. The van der Waals surface area contributed by atoms with E-state index in [4.69, 9.17) is 20.3 Å². The number of nitrogens with zero attached hydrogens (tertiary/aromatic N) is 1. The Hall–Kier alpha value is -2.30. The summed E-state index contributed by atoms with van der Waals surface area (Å²) in [6, 6.07) is 5.40. The first kappa shape index (κ1) is 12.2. The summed E-state index contributed by atoms with van der Waals surface area (Å²) >= 11 is 0. The Morgan fingerprint density at radius 1 is 1.50 bits per heavy atom. The molecular weight excluding hydrogens is 230 g/mol. The van der Waals surface area contributed by atoms with Crippen LogP contribution in [0, 0.1) is 19.3 Å². The number of hydrogen-bond acceptors (Lipinski definition) is 4. The molecule has 2 heterocycles. The van der Waals surface area contributed by atoms with Crippen molar-refractivity contribution in [2.45, 2.75) is 20.5 Å². The third-order valence-electron chi connectivity index (χ3n) is 2.51. The van der Waals surface area contributed by atoms with Crippen molar-refractivity contribution in [2.24, 2.45) is 5.73 Å². The molecule has 0 aromatic carbocycles. The molecule has 0 radical (unpaired) electrons. The van der Waals surface area contributed by atoms with Gasteiger partial charge < -0.3 is 14.9 Å². The van der Waals surface area contributed by atoms with E-state index in [9.17, 15) is 0 Å². The van der Waals surface area contributed by atoms with E-state index in [-0.39, 0.29) is 5.84 Å². The van der Waals surface area contributed by atoms with Gasteiger partial charge in [0, 0.05) is 11.8 Å². The lowest BCUT2D eigenvalue weighted by atomic mass is 10.1. The summed E-state index contributed by atoms with van der Waals surface area (Å²) in [6.45, 7) is 3.98. The fourth-order valence-electron chi connectivity index (χ4n) is 1.78. The molecule has 2 rings (SSSR count). The number of rotatable bonds is 4. The van der Waals surface area contributed by atoms with Crippen LogP contribution in [0.2, 0.25) is 0 Å². The molecule has 0 aliphatic rings. The Balaban J connectivity index is 2.28. The van der Waals surface area contributed by atoms with Gasteiger partial charge in [0.15, 0.2) is 0 Å². The fourth-order valence-corrected chi connectivity index (χ4v) is 1.78. The van der Waals surface area contributed by atoms with Gasteiger partial charge in [0.05, 0.1) is 17.5 Å². The smallest absolute Gasteiger partial charge is 0.146 e. The minimum absolute atomic E-state index is 0.0468. The van der Waals surface area contributed by atoms with Crippen molar-refractivity contribution in [1.82, 2.24) is 4.98 Å². The number of pyridine rings is 1. The van der Waals surface area contributed by atoms with Crippen LogP contribution in [0.3, 0.4) is 0 Å². The zero-order chi connectivity index (χ0) is 13.1. The number of nitrogens with one attached hydrogen (secondary N) is 1. The summed E-state index contributed by atoms with van der Waals surface area (Å²) in [7, 11) is 0. The van der Waals surface area contributed by atoms with E-state index in [1.165, 1.54) is 0 Å². The van der Waals surface area contributed by atoms with E-state index in [1.807, 2.05) is 19.9 Å². The molecule has 5 nitrogen and oxygen atoms in total. The predicted octanol–water partition coefficient (Wildman–Crippen LogP) is 2.15. The van der Waals surface area contributed by atoms with Gasteiger partial charge in [-0.1, -0.05) is 0 Å². The van der Waals surface area contributed by atoms with Crippen molar-refractivity contribution in [3.8, 4) is 5.75 Å². The Labute approximate surface area is 105 Å². The van der Waals surface area contributed by atoms with Crippen LogP contribution in [0.25, 0.3) is 0 Å². The second-order valence-electron chi connectivity index (χ2n) is 4.00. The van der Waals surface area contributed by atoms with Gasteiger partial charge >= 0.3 is 0 Å². The van der Waals surface area contributed by atoms with E-state index in [0.717, 1.165) is 11.5 Å². The maximum absolute atomic E-state index is 7.57. The Bertz CT molecular complexity index is 562. The number of aromatic nitrogens is 1. The fraction of sp³-hybridized carbons (Fsp3) is 0.231.